The van der Waals surface area contributed by atoms with Crippen LogP contribution in [0.3, 0.4) is 0 Å². The van der Waals surface area contributed by atoms with Gasteiger partial charge in [-0.15, -0.1) is 12.4 Å². The fourth-order valence-corrected chi connectivity index (χ4v) is 4.51. The summed E-state index contributed by atoms with van der Waals surface area (Å²) in [7, 11) is 3.29. The van der Waals surface area contributed by atoms with E-state index in [-0.39, 0.29) is 18.4 Å². The first kappa shape index (κ1) is 26.6. The van der Waals surface area contributed by atoms with Gasteiger partial charge in [0.15, 0.2) is 0 Å². The molecule has 0 aliphatic heterocycles. The molecule has 0 fully saturated rings. The Kier molecular flexibility index (Phi) is 8.22. The molecule has 5 rings (SSSR count). The fraction of sp³-hybridized carbons (Fsp3) is 0.129. The maximum absolute atomic E-state index is 11.8. The van der Waals surface area contributed by atoms with Gasteiger partial charge in [0.1, 0.15) is 6.10 Å². The zero-order chi connectivity index (χ0) is 25.8. The highest BCUT2D eigenvalue weighted by Gasteiger charge is 2.21. The minimum Gasteiger partial charge on any atom is -0.465 e. The molecule has 0 aliphatic carbocycles. The van der Waals surface area contributed by atoms with Crippen LogP contribution in [0.15, 0.2) is 97.5 Å². The number of nitriles is 1. The first-order valence-corrected chi connectivity index (χ1v) is 11.9. The second-order valence-electron chi connectivity index (χ2n) is 8.75. The molecule has 0 saturated carbocycles. The zero-order valence-electron chi connectivity index (χ0n) is 21.0. The zero-order valence-corrected chi connectivity index (χ0v) is 21.8. The van der Waals surface area contributed by atoms with Crippen molar-refractivity contribution >= 4 is 29.1 Å². The normalized spacial score (nSPS) is 11.4. The molecule has 0 spiro atoms. The number of hydrogen-bond acceptors (Lipinski definition) is 5. The van der Waals surface area contributed by atoms with Crippen molar-refractivity contribution in [2.24, 2.45) is 7.05 Å². The second-order valence-corrected chi connectivity index (χ2v) is 8.75. The first-order valence-electron chi connectivity index (χ1n) is 11.9. The van der Waals surface area contributed by atoms with Gasteiger partial charge in [-0.1, -0.05) is 60.7 Å². The molecule has 5 aromatic rings. The molecule has 0 bridgehead atoms. The van der Waals surface area contributed by atoms with Gasteiger partial charge in [-0.2, -0.15) is 5.26 Å². The highest BCUT2D eigenvalue weighted by atomic mass is 35.5. The van der Waals surface area contributed by atoms with Crippen LogP contribution in [0, 0.1) is 11.3 Å². The number of esters is 1. The highest BCUT2D eigenvalue weighted by Crippen LogP contribution is 2.35. The van der Waals surface area contributed by atoms with E-state index >= 15 is 0 Å². The molecular weight excluding hydrogens is 498 g/mol. The number of halogens is 1. The SMILES string of the molecule is COC(=O)c1ccc(COC(c2ccc(C#N)c(-c3cccc4ccccc34)c2)c2cncn2C)cc1.Cl. The number of fused-ring (bicyclic) bond motifs is 1. The van der Waals surface area contributed by atoms with Crippen molar-refractivity contribution in [1.82, 2.24) is 9.55 Å². The van der Waals surface area contributed by atoms with Gasteiger partial charge in [-0.3, -0.25) is 0 Å². The van der Waals surface area contributed by atoms with E-state index in [0.717, 1.165) is 38.7 Å². The Morgan fingerprint density at radius 3 is 2.47 bits per heavy atom. The number of aromatic nitrogens is 2. The molecule has 0 N–H and O–H groups in total. The fourth-order valence-electron chi connectivity index (χ4n) is 4.51. The summed E-state index contributed by atoms with van der Waals surface area (Å²) in [6.07, 6.45) is 3.11. The standard InChI is InChI=1S/C31H25N3O3.ClH/c1-34-20-33-18-29(34)30(37-19-21-10-12-23(13-11-21)31(35)36-2)24-14-15-25(17-32)28(16-24)27-9-5-7-22-6-3-4-8-26(22)27;/h3-16,18,20,30H,19H2,1-2H3;1H. The second kappa shape index (κ2) is 11.7. The molecule has 0 radical (unpaired) electrons. The summed E-state index contributed by atoms with van der Waals surface area (Å²) in [5.74, 6) is -0.376. The van der Waals surface area contributed by atoms with Gasteiger partial charge in [0.25, 0.3) is 0 Å². The van der Waals surface area contributed by atoms with Crippen LogP contribution in [-0.4, -0.2) is 22.6 Å². The number of aryl methyl sites for hydroxylation is 1. The molecule has 7 heteroatoms. The van der Waals surface area contributed by atoms with E-state index in [1.165, 1.54) is 7.11 Å². The Morgan fingerprint density at radius 1 is 1.00 bits per heavy atom. The lowest BCUT2D eigenvalue weighted by Gasteiger charge is -2.21. The van der Waals surface area contributed by atoms with Gasteiger partial charge >= 0.3 is 5.97 Å². The highest BCUT2D eigenvalue weighted by molar-refractivity contribution is 5.98. The number of benzene rings is 4. The van der Waals surface area contributed by atoms with Crippen LogP contribution >= 0.6 is 12.4 Å². The average molecular weight is 524 g/mol. The third-order valence-corrected chi connectivity index (χ3v) is 6.46. The smallest absolute Gasteiger partial charge is 0.337 e. The van der Waals surface area contributed by atoms with E-state index < -0.39 is 6.10 Å². The lowest BCUT2D eigenvalue weighted by molar-refractivity contribution is 0.0596. The number of rotatable bonds is 7. The summed E-state index contributed by atoms with van der Waals surface area (Å²) in [6.45, 7) is 0.320. The van der Waals surface area contributed by atoms with Crippen molar-refractivity contribution < 1.29 is 14.3 Å². The van der Waals surface area contributed by atoms with Gasteiger partial charge < -0.3 is 14.0 Å². The molecule has 1 aromatic heterocycles. The van der Waals surface area contributed by atoms with Crippen LogP contribution in [0.4, 0.5) is 0 Å². The summed E-state index contributed by atoms with van der Waals surface area (Å²) >= 11 is 0. The molecule has 190 valence electrons. The minimum atomic E-state index is -0.422. The van der Waals surface area contributed by atoms with Gasteiger partial charge in [-0.05, 0) is 51.7 Å². The molecule has 0 amide bonds. The summed E-state index contributed by atoms with van der Waals surface area (Å²) < 4.78 is 13.2. The monoisotopic (exact) mass is 523 g/mol. The molecule has 6 nitrogen and oxygen atoms in total. The number of methoxy groups -OCH3 is 1. The van der Waals surface area contributed by atoms with E-state index in [1.807, 2.05) is 66.2 Å². The van der Waals surface area contributed by atoms with Crippen LogP contribution in [-0.2, 0) is 23.1 Å². The Bertz CT molecular complexity index is 1610. The van der Waals surface area contributed by atoms with Gasteiger partial charge in [0.2, 0.25) is 0 Å². The van der Waals surface area contributed by atoms with Crippen molar-refractivity contribution in [2.45, 2.75) is 12.7 Å². The number of hydrogen-bond donors (Lipinski definition) is 0. The average Bonchev–Trinajstić information content (AvgIpc) is 3.38. The first-order chi connectivity index (χ1) is 18.1. The topological polar surface area (TPSA) is 77.1 Å². The lowest BCUT2D eigenvalue weighted by Crippen LogP contribution is -2.11. The largest absolute Gasteiger partial charge is 0.465 e. The quantitative estimate of drug-likeness (QED) is 0.224. The molecule has 38 heavy (non-hydrogen) atoms. The summed E-state index contributed by atoms with van der Waals surface area (Å²) in [5.41, 5.74) is 5.66. The number of carbonyl (C=O) groups is 1. The Morgan fingerprint density at radius 2 is 1.76 bits per heavy atom. The van der Waals surface area contributed by atoms with Crippen molar-refractivity contribution in [3.63, 3.8) is 0 Å². The molecular formula is C31H26ClN3O3. The van der Waals surface area contributed by atoms with Crippen LogP contribution < -0.4 is 0 Å². The van der Waals surface area contributed by atoms with Crippen molar-refractivity contribution in [3.8, 4) is 17.2 Å². The third-order valence-electron chi connectivity index (χ3n) is 6.46. The third kappa shape index (κ3) is 5.30. The van der Waals surface area contributed by atoms with Crippen LogP contribution in [0.2, 0.25) is 0 Å². The van der Waals surface area contributed by atoms with Crippen LogP contribution in [0.5, 0.6) is 0 Å². The predicted molar refractivity (Wildman–Crippen MR) is 149 cm³/mol. The summed E-state index contributed by atoms with van der Waals surface area (Å²) in [6, 6.07) is 29.6. The molecule has 1 atom stereocenters. The Labute approximate surface area is 227 Å². The number of carbonyl (C=O) groups excluding carboxylic acids is 1. The number of ether oxygens (including phenoxy) is 2. The molecule has 1 unspecified atom stereocenters. The molecule has 0 aliphatic rings. The Hall–Kier alpha value is -4.44. The van der Waals surface area contributed by atoms with E-state index in [4.69, 9.17) is 9.47 Å². The summed E-state index contributed by atoms with van der Waals surface area (Å²) in [4.78, 5) is 16.1. The number of imidazole rings is 1. The van der Waals surface area contributed by atoms with Crippen molar-refractivity contribution in [3.05, 3.63) is 125 Å². The van der Waals surface area contributed by atoms with Crippen LogP contribution in [0.25, 0.3) is 21.9 Å². The maximum Gasteiger partial charge on any atom is 0.337 e. The summed E-state index contributed by atoms with van der Waals surface area (Å²) in [5, 5.41) is 12.1. The van der Waals surface area contributed by atoms with Gasteiger partial charge in [0.05, 0.1) is 49.1 Å². The predicted octanol–water partition coefficient (Wildman–Crippen LogP) is 6.63. The molecule has 1 heterocycles. The molecule has 0 saturated heterocycles. The van der Waals surface area contributed by atoms with Crippen LogP contribution in [0.1, 0.15) is 38.8 Å². The van der Waals surface area contributed by atoms with E-state index in [9.17, 15) is 10.1 Å². The van der Waals surface area contributed by atoms with Crippen molar-refractivity contribution in [2.75, 3.05) is 7.11 Å². The van der Waals surface area contributed by atoms with Gasteiger partial charge in [0, 0.05) is 12.6 Å². The van der Waals surface area contributed by atoms with Crippen molar-refractivity contribution in [1.29, 1.82) is 5.26 Å². The Balaban J connectivity index is 0.00000336. The maximum atomic E-state index is 11.8. The lowest BCUT2D eigenvalue weighted by atomic mass is 9.92. The molecule has 4 aromatic carbocycles. The van der Waals surface area contributed by atoms with E-state index in [1.54, 1.807) is 24.7 Å². The number of nitrogens with zero attached hydrogens (tertiary/aromatic N) is 3. The van der Waals surface area contributed by atoms with Gasteiger partial charge in [-0.25, -0.2) is 9.78 Å². The van der Waals surface area contributed by atoms with E-state index in [0.29, 0.717) is 17.7 Å². The minimum absolute atomic E-state index is 0. The van der Waals surface area contributed by atoms with E-state index in [2.05, 4.69) is 29.3 Å².